The smallest absolute Gasteiger partial charge is 0.0934 e. The first-order chi connectivity index (χ1) is 9.95. The summed E-state index contributed by atoms with van der Waals surface area (Å²) < 4.78 is 5.58. The first kappa shape index (κ1) is 16.9. The van der Waals surface area contributed by atoms with Crippen molar-refractivity contribution in [2.24, 2.45) is 5.41 Å². The van der Waals surface area contributed by atoms with Gasteiger partial charge in [0.1, 0.15) is 0 Å². The van der Waals surface area contributed by atoms with E-state index >= 15 is 0 Å². The molecule has 3 nitrogen and oxygen atoms in total. The van der Waals surface area contributed by atoms with Crippen LogP contribution in [0, 0.1) is 5.41 Å². The fourth-order valence-corrected chi connectivity index (χ4v) is 4.00. The summed E-state index contributed by atoms with van der Waals surface area (Å²) in [6, 6.07) is 0. The Kier molecular flexibility index (Phi) is 5.81. The molecular formula is C17H30N2OS. The van der Waals surface area contributed by atoms with E-state index < -0.39 is 0 Å². The van der Waals surface area contributed by atoms with Crippen LogP contribution in [0.4, 0.5) is 0 Å². The number of nitrogens with one attached hydrogen (secondary N) is 1. The van der Waals surface area contributed by atoms with E-state index in [1.54, 1.807) is 0 Å². The Bertz CT molecular complexity index is 430. The highest BCUT2D eigenvalue weighted by Crippen LogP contribution is 2.35. The Hall–Kier alpha value is -0.450. The number of rotatable bonds is 6. The lowest BCUT2D eigenvalue weighted by atomic mass is 9.77. The molecule has 0 radical (unpaired) electrons. The van der Waals surface area contributed by atoms with E-state index in [1.807, 2.05) is 11.3 Å². The van der Waals surface area contributed by atoms with Gasteiger partial charge in [-0.15, -0.1) is 11.3 Å². The van der Waals surface area contributed by atoms with E-state index in [-0.39, 0.29) is 5.41 Å². The predicted molar refractivity (Wildman–Crippen MR) is 90.2 cm³/mol. The van der Waals surface area contributed by atoms with Crippen molar-refractivity contribution in [3.63, 3.8) is 0 Å². The van der Waals surface area contributed by atoms with E-state index in [0.29, 0.717) is 5.41 Å². The minimum atomic E-state index is 0.151. The van der Waals surface area contributed by atoms with Crippen molar-refractivity contribution >= 4 is 11.3 Å². The van der Waals surface area contributed by atoms with Crippen molar-refractivity contribution in [2.75, 3.05) is 26.3 Å². The van der Waals surface area contributed by atoms with Gasteiger partial charge in [0.05, 0.1) is 10.7 Å². The predicted octanol–water partition coefficient (Wildman–Crippen LogP) is 3.78. The second-order valence-corrected chi connectivity index (χ2v) is 8.29. The number of aromatic nitrogens is 1. The van der Waals surface area contributed by atoms with E-state index in [4.69, 9.17) is 9.72 Å². The van der Waals surface area contributed by atoms with Crippen LogP contribution in [0.1, 0.15) is 57.7 Å². The molecule has 4 heteroatoms. The topological polar surface area (TPSA) is 34.2 Å². The maximum atomic E-state index is 5.58. The van der Waals surface area contributed by atoms with Gasteiger partial charge in [0, 0.05) is 37.0 Å². The van der Waals surface area contributed by atoms with Crippen molar-refractivity contribution in [3.05, 3.63) is 16.1 Å². The minimum Gasteiger partial charge on any atom is -0.381 e. The SMILES string of the molecule is CCCNCC1(Cc2nc(C(C)(C)C)cs2)CCOCC1. The summed E-state index contributed by atoms with van der Waals surface area (Å²) in [5.74, 6) is 0. The van der Waals surface area contributed by atoms with E-state index in [2.05, 4.69) is 38.4 Å². The molecule has 2 rings (SSSR count). The zero-order valence-electron chi connectivity index (χ0n) is 14.0. The van der Waals surface area contributed by atoms with Gasteiger partial charge in [0.2, 0.25) is 0 Å². The molecule has 1 aromatic rings. The first-order valence-corrected chi connectivity index (χ1v) is 9.06. The number of hydrogen-bond donors (Lipinski definition) is 1. The van der Waals surface area contributed by atoms with Gasteiger partial charge >= 0.3 is 0 Å². The van der Waals surface area contributed by atoms with Crippen LogP contribution < -0.4 is 5.32 Å². The van der Waals surface area contributed by atoms with Crippen molar-refractivity contribution in [2.45, 2.75) is 58.8 Å². The molecule has 1 saturated heterocycles. The number of nitrogens with zero attached hydrogens (tertiary/aromatic N) is 1. The molecule has 0 unspecified atom stereocenters. The Labute approximate surface area is 133 Å². The van der Waals surface area contributed by atoms with E-state index in [9.17, 15) is 0 Å². The number of ether oxygens (including phenoxy) is 1. The molecule has 0 bridgehead atoms. The monoisotopic (exact) mass is 310 g/mol. The summed E-state index contributed by atoms with van der Waals surface area (Å²) >= 11 is 1.83. The normalized spacial score (nSPS) is 18.9. The molecule has 1 aliphatic heterocycles. The summed E-state index contributed by atoms with van der Waals surface area (Å²) in [5, 5.41) is 7.15. The average molecular weight is 311 g/mol. The van der Waals surface area contributed by atoms with Gasteiger partial charge in [-0.1, -0.05) is 27.7 Å². The first-order valence-electron chi connectivity index (χ1n) is 8.19. The summed E-state index contributed by atoms with van der Waals surface area (Å²) in [4.78, 5) is 4.90. The van der Waals surface area contributed by atoms with Crippen LogP contribution in [0.5, 0.6) is 0 Å². The highest BCUT2D eigenvalue weighted by molar-refractivity contribution is 7.09. The lowest BCUT2D eigenvalue weighted by molar-refractivity contribution is 0.0150. The molecule has 1 fully saturated rings. The number of hydrogen-bond acceptors (Lipinski definition) is 4. The van der Waals surface area contributed by atoms with Gasteiger partial charge in [-0.3, -0.25) is 0 Å². The third-order valence-corrected chi connectivity index (χ3v) is 5.18. The third kappa shape index (κ3) is 4.76. The second-order valence-electron chi connectivity index (χ2n) is 7.34. The van der Waals surface area contributed by atoms with Crippen molar-refractivity contribution in [1.82, 2.24) is 10.3 Å². The summed E-state index contributed by atoms with van der Waals surface area (Å²) in [5.41, 5.74) is 1.71. The molecule has 21 heavy (non-hydrogen) atoms. The molecule has 0 aromatic carbocycles. The quantitative estimate of drug-likeness (QED) is 0.812. The highest BCUT2D eigenvalue weighted by atomic mass is 32.1. The Morgan fingerprint density at radius 1 is 1.33 bits per heavy atom. The maximum Gasteiger partial charge on any atom is 0.0934 e. The van der Waals surface area contributed by atoms with Crippen LogP contribution in [0.25, 0.3) is 0 Å². The minimum absolute atomic E-state index is 0.151. The molecule has 1 aliphatic rings. The van der Waals surface area contributed by atoms with E-state index in [0.717, 1.165) is 45.6 Å². The summed E-state index contributed by atoms with van der Waals surface area (Å²) in [6.07, 6.45) is 4.58. The summed E-state index contributed by atoms with van der Waals surface area (Å²) in [7, 11) is 0. The molecule has 0 aliphatic carbocycles. The molecule has 2 heterocycles. The van der Waals surface area contributed by atoms with Gasteiger partial charge in [-0.05, 0) is 31.2 Å². The fraction of sp³-hybridized carbons (Fsp3) is 0.824. The average Bonchev–Trinajstić information content (AvgIpc) is 2.88. The molecule has 0 spiro atoms. The van der Waals surface area contributed by atoms with Crippen LogP contribution in [-0.2, 0) is 16.6 Å². The van der Waals surface area contributed by atoms with Crippen molar-refractivity contribution in [3.8, 4) is 0 Å². The standard InChI is InChI=1S/C17H30N2OS/c1-5-8-18-13-17(6-9-20-10-7-17)11-15-19-14(12-21-15)16(2,3)4/h12,18H,5-11,13H2,1-4H3. The van der Waals surface area contributed by atoms with Crippen molar-refractivity contribution in [1.29, 1.82) is 0 Å². The van der Waals surface area contributed by atoms with Gasteiger partial charge in [-0.25, -0.2) is 4.98 Å². The zero-order chi connectivity index (χ0) is 15.3. The van der Waals surface area contributed by atoms with Gasteiger partial charge < -0.3 is 10.1 Å². The molecule has 0 atom stereocenters. The molecule has 1 N–H and O–H groups in total. The Morgan fingerprint density at radius 2 is 2.05 bits per heavy atom. The molecular weight excluding hydrogens is 280 g/mol. The maximum absolute atomic E-state index is 5.58. The zero-order valence-corrected chi connectivity index (χ0v) is 14.8. The molecule has 1 aromatic heterocycles. The van der Waals surface area contributed by atoms with Crippen LogP contribution in [0.15, 0.2) is 5.38 Å². The summed E-state index contributed by atoms with van der Waals surface area (Å²) in [6.45, 7) is 12.9. The van der Waals surface area contributed by atoms with Crippen LogP contribution in [0.2, 0.25) is 0 Å². The van der Waals surface area contributed by atoms with Gasteiger partial charge in [0.25, 0.3) is 0 Å². The Morgan fingerprint density at radius 3 is 2.62 bits per heavy atom. The van der Waals surface area contributed by atoms with Crippen LogP contribution in [-0.4, -0.2) is 31.3 Å². The molecule has 120 valence electrons. The highest BCUT2D eigenvalue weighted by Gasteiger charge is 2.33. The van der Waals surface area contributed by atoms with Crippen LogP contribution >= 0.6 is 11.3 Å². The number of thiazole rings is 1. The van der Waals surface area contributed by atoms with Crippen LogP contribution in [0.3, 0.4) is 0 Å². The lowest BCUT2D eigenvalue weighted by Crippen LogP contribution is -2.41. The molecule has 0 saturated carbocycles. The lowest BCUT2D eigenvalue weighted by Gasteiger charge is -2.37. The fourth-order valence-electron chi connectivity index (χ4n) is 2.81. The van der Waals surface area contributed by atoms with Crippen molar-refractivity contribution < 1.29 is 4.74 Å². The third-order valence-electron chi connectivity index (χ3n) is 4.33. The molecule has 0 amide bonds. The Balaban J connectivity index is 2.05. The van der Waals surface area contributed by atoms with E-state index in [1.165, 1.54) is 17.1 Å². The van der Waals surface area contributed by atoms with Gasteiger partial charge in [-0.2, -0.15) is 0 Å². The largest absolute Gasteiger partial charge is 0.381 e. The second kappa shape index (κ2) is 7.21. The van der Waals surface area contributed by atoms with Gasteiger partial charge in [0.15, 0.2) is 0 Å².